The van der Waals surface area contributed by atoms with Gasteiger partial charge in [0.1, 0.15) is 14.7 Å². The van der Waals surface area contributed by atoms with Crippen LogP contribution >= 0.6 is 0 Å². The maximum atomic E-state index is 12.2. The average molecular weight is 288 g/mol. The Morgan fingerprint density at radius 2 is 1.90 bits per heavy atom. The molecule has 0 saturated carbocycles. The molecule has 0 aliphatic rings. The van der Waals surface area contributed by atoms with Crippen molar-refractivity contribution in [3.63, 3.8) is 0 Å². The van der Waals surface area contributed by atoms with Crippen LogP contribution < -0.4 is 0 Å². The van der Waals surface area contributed by atoms with Gasteiger partial charge in [0, 0.05) is 18.6 Å². The van der Waals surface area contributed by atoms with Gasteiger partial charge in [-0.05, 0) is 0 Å². The fraction of sp³-hybridized carbons (Fsp3) is 0.357. The maximum absolute atomic E-state index is 12.2. The van der Waals surface area contributed by atoms with Crippen molar-refractivity contribution in [1.82, 2.24) is 19.7 Å². The van der Waals surface area contributed by atoms with Gasteiger partial charge in [0.2, 0.25) is 0 Å². The van der Waals surface area contributed by atoms with Crippen molar-refractivity contribution in [2.45, 2.75) is 26.2 Å². The summed E-state index contributed by atoms with van der Waals surface area (Å²) in [5, 5.41) is 4.05. The molecule has 0 spiro atoms. The molecule has 2 aromatic heterocycles. The van der Waals surface area contributed by atoms with E-state index in [0.717, 1.165) is 11.1 Å². The molecule has 0 N–H and O–H groups in total. The molecule has 2 rings (SSSR count). The number of alkyl halides is 1. The predicted molar refractivity (Wildman–Crippen MR) is 79.5 cm³/mol. The van der Waals surface area contributed by atoms with Crippen LogP contribution in [0.15, 0.2) is 24.8 Å². The second-order valence-electron chi connectivity index (χ2n) is 5.48. The lowest BCUT2D eigenvalue weighted by molar-refractivity contribution is 0.427. The molecular weight excluding hydrogens is 271 g/mol. The molecular formula is C14H17FN4Si. The molecule has 0 saturated heterocycles. The fourth-order valence-corrected chi connectivity index (χ4v) is 2.01. The number of halogens is 1. The topological polar surface area (TPSA) is 43.6 Å². The molecule has 104 valence electrons. The van der Waals surface area contributed by atoms with Gasteiger partial charge in [-0.25, -0.2) is 14.4 Å². The first-order valence-corrected chi connectivity index (χ1v) is 9.92. The van der Waals surface area contributed by atoms with E-state index in [4.69, 9.17) is 0 Å². The summed E-state index contributed by atoms with van der Waals surface area (Å²) in [6.07, 6.45) is 6.80. The van der Waals surface area contributed by atoms with Crippen LogP contribution in [0.3, 0.4) is 0 Å². The lowest BCUT2D eigenvalue weighted by atomic mass is 10.3. The zero-order valence-corrected chi connectivity index (χ0v) is 12.9. The molecule has 0 fully saturated rings. The van der Waals surface area contributed by atoms with E-state index in [-0.39, 0.29) is 6.54 Å². The summed E-state index contributed by atoms with van der Waals surface area (Å²) >= 11 is 0. The van der Waals surface area contributed by atoms with E-state index in [1.807, 2.05) is 0 Å². The molecule has 0 unspecified atom stereocenters. The third-order valence-corrected chi connectivity index (χ3v) is 3.31. The minimum absolute atomic E-state index is 0.250. The van der Waals surface area contributed by atoms with E-state index >= 15 is 0 Å². The minimum atomic E-state index is -1.39. The standard InChI is InChI=1S/C14H17FN4Si/c1-20(2,3)7-4-12-8-16-14(17-9-12)13-10-18-19(11-13)6-5-15/h8-11H,5-6H2,1-3H3. The van der Waals surface area contributed by atoms with Gasteiger partial charge in [0.25, 0.3) is 0 Å². The molecule has 20 heavy (non-hydrogen) atoms. The lowest BCUT2D eigenvalue weighted by Gasteiger charge is -2.03. The van der Waals surface area contributed by atoms with Gasteiger partial charge in [-0.3, -0.25) is 4.68 Å². The summed E-state index contributed by atoms with van der Waals surface area (Å²) in [5.74, 6) is 3.68. The quantitative estimate of drug-likeness (QED) is 0.644. The molecule has 0 aliphatic carbocycles. The van der Waals surface area contributed by atoms with Crippen LogP contribution in [0.25, 0.3) is 11.4 Å². The highest BCUT2D eigenvalue weighted by molar-refractivity contribution is 6.83. The van der Waals surface area contributed by atoms with Crippen LogP contribution in [0.4, 0.5) is 4.39 Å². The first kappa shape index (κ1) is 14.4. The summed E-state index contributed by atoms with van der Waals surface area (Å²) in [7, 11) is -1.39. The Balaban J connectivity index is 2.16. The van der Waals surface area contributed by atoms with E-state index < -0.39 is 14.7 Å². The molecule has 0 bridgehead atoms. The van der Waals surface area contributed by atoms with Crippen molar-refractivity contribution < 1.29 is 4.39 Å². The number of nitrogens with zero attached hydrogens (tertiary/aromatic N) is 4. The highest BCUT2D eigenvalue weighted by Gasteiger charge is 2.08. The summed E-state index contributed by atoms with van der Waals surface area (Å²) in [6, 6.07) is 0. The predicted octanol–water partition coefficient (Wildman–Crippen LogP) is 2.54. The van der Waals surface area contributed by atoms with E-state index in [0.29, 0.717) is 5.82 Å². The summed E-state index contributed by atoms with van der Waals surface area (Å²) in [4.78, 5) is 8.56. The van der Waals surface area contributed by atoms with E-state index in [9.17, 15) is 4.39 Å². The van der Waals surface area contributed by atoms with Crippen molar-refractivity contribution >= 4 is 8.07 Å². The molecule has 0 amide bonds. The average Bonchev–Trinajstić information content (AvgIpc) is 2.85. The largest absolute Gasteiger partial charge is 0.269 e. The van der Waals surface area contributed by atoms with Crippen LogP contribution in [0.2, 0.25) is 19.6 Å². The minimum Gasteiger partial charge on any atom is -0.269 e. The number of aromatic nitrogens is 4. The Kier molecular flexibility index (Phi) is 4.30. The van der Waals surface area contributed by atoms with Crippen molar-refractivity contribution in [3.05, 3.63) is 30.4 Å². The fourth-order valence-electron chi connectivity index (χ4n) is 1.49. The molecule has 2 heterocycles. The van der Waals surface area contributed by atoms with E-state index in [2.05, 4.69) is 46.2 Å². The number of hydrogen-bond acceptors (Lipinski definition) is 3. The Bertz CT molecular complexity index is 632. The molecule has 4 nitrogen and oxygen atoms in total. The van der Waals surface area contributed by atoms with E-state index in [1.165, 1.54) is 4.68 Å². The van der Waals surface area contributed by atoms with Crippen molar-refractivity contribution in [2.24, 2.45) is 0 Å². The van der Waals surface area contributed by atoms with Crippen LogP contribution in [-0.2, 0) is 6.54 Å². The van der Waals surface area contributed by atoms with Crippen LogP contribution in [0.5, 0.6) is 0 Å². The first-order chi connectivity index (χ1) is 9.48. The van der Waals surface area contributed by atoms with E-state index in [1.54, 1.807) is 24.8 Å². The van der Waals surface area contributed by atoms with Gasteiger partial charge in [-0.1, -0.05) is 25.6 Å². The molecule has 2 aromatic rings. The second kappa shape index (κ2) is 5.97. The Labute approximate surface area is 119 Å². The lowest BCUT2D eigenvalue weighted by Crippen LogP contribution is -2.16. The molecule has 0 atom stereocenters. The third kappa shape index (κ3) is 4.00. The summed E-state index contributed by atoms with van der Waals surface area (Å²) in [6.45, 7) is 6.38. The highest BCUT2D eigenvalue weighted by atomic mass is 28.3. The van der Waals surface area contributed by atoms with Crippen LogP contribution in [-0.4, -0.2) is 34.5 Å². The molecule has 0 aromatic carbocycles. The Morgan fingerprint density at radius 3 is 2.50 bits per heavy atom. The maximum Gasteiger partial charge on any atom is 0.162 e. The monoisotopic (exact) mass is 288 g/mol. The number of rotatable bonds is 3. The molecule has 0 radical (unpaired) electrons. The normalized spacial score (nSPS) is 11.0. The zero-order chi connectivity index (χ0) is 14.6. The highest BCUT2D eigenvalue weighted by Crippen LogP contribution is 2.12. The summed E-state index contributed by atoms with van der Waals surface area (Å²) in [5.41, 5.74) is 4.86. The zero-order valence-electron chi connectivity index (χ0n) is 11.9. The Hall–Kier alpha value is -2.00. The van der Waals surface area contributed by atoms with Crippen LogP contribution in [0.1, 0.15) is 5.56 Å². The number of aryl methyl sites for hydroxylation is 1. The number of hydrogen-bond donors (Lipinski definition) is 0. The SMILES string of the molecule is C[Si](C)(C)C#Cc1cnc(-c2cnn(CCF)c2)nc1. The Morgan fingerprint density at radius 1 is 1.20 bits per heavy atom. The summed E-state index contributed by atoms with van der Waals surface area (Å²) < 4.78 is 13.8. The van der Waals surface area contributed by atoms with Gasteiger partial charge in [0.15, 0.2) is 5.82 Å². The first-order valence-electron chi connectivity index (χ1n) is 6.42. The van der Waals surface area contributed by atoms with Gasteiger partial charge >= 0.3 is 0 Å². The van der Waals surface area contributed by atoms with Crippen molar-refractivity contribution in [2.75, 3.05) is 6.67 Å². The molecule has 0 aliphatic heterocycles. The van der Waals surface area contributed by atoms with Gasteiger partial charge < -0.3 is 0 Å². The van der Waals surface area contributed by atoms with Crippen LogP contribution in [0, 0.1) is 11.5 Å². The molecule has 6 heteroatoms. The second-order valence-corrected chi connectivity index (χ2v) is 10.2. The van der Waals surface area contributed by atoms with Crippen molar-refractivity contribution in [3.8, 4) is 22.9 Å². The van der Waals surface area contributed by atoms with Gasteiger partial charge in [-0.15, -0.1) is 5.54 Å². The van der Waals surface area contributed by atoms with Crippen molar-refractivity contribution in [1.29, 1.82) is 0 Å². The smallest absolute Gasteiger partial charge is 0.162 e. The third-order valence-electron chi connectivity index (χ3n) is 2.44. The van der Waals surface area contributed by atoms with Gasteiger partial charge in [-0.2, -0.15) is 5.10 Å². The van der Waals surface area contributed by atoms with Gasteiger partial charge in [0.05, 0.1) is 23.9 Å².